The summed E-state index contributed by atoms with van der Waals surface area (Å²) < 4.78 is 0. The Morgan fingerprint density at radius 3 is 2.29 bits per heavy atom. The van der Waals surface area contributed by atoms with E-state index < -0.39 is 0 Å². The van der Waals surface area contributed by atoms with Gasteiger partial charge in [0.2, 0.25) is 5.91 Å². The molecule has 1 fully saturated rings. The maximum absolute atomic E-state index is 12.2. The Bertz CT molecular complexity index is 605. The molecule has 0 saturated heterocycles. The van der Waals surface area contributed by atoms with E-state index in [1.807, 2.05) is 42.5 Å². The summed E-state index contributed by atoms with van der Waals surface area (Å²) in [7, 11) is 0. The number of amides is 1. The zero-order valence-corrected chi connectivity index (χ0v) is 12.5. The Balaban J connectivity index is 1.83. The van der Waals surface area contributed by atoms with Gasteiger partial charge in [-0.2, -0.15) is 0 Å². The number of rotatable bonds is 5. The summed E-state index contributed by atoms with van der Waals surface area (Å²) in [4.78, 5) is 12.2. The number of carbonyl (C=O) groups is 1. The third-order valence-electron chi connectivity index (χ3n) is 3.81. The summed E-state index contributed by atoms with van der Waals surface area (Å²) >= 11 is 5.97. The van der Waals surface area contributed by atoms with Crippen LogP contribution in [0, 0.1) is 0 Å². The number of carbonyl (C=O) groups excluding carboxylic acids is 1. The second-order valence-corrected chi connectivity index (χ2v) is 6.00. The normalized spacial score (nSPS) is 15.5. The Labute approximate surface area is 130 Å². The third-order valence-corrected chi connectivity index (χ3v) is 4.06. The Kier molecular flexibility index (Phi) is 4.26. The molecule has 2 nitrogen and oxygen atoms in total. The van der Waals surface area contributed by atoms with Gasteiger partial charge in [-0.1, -0.05) is 54.1 Å². The van der Waals surface area contributed by atoms with Gasteiger partial charge in [-0.25, -0.2) is 0 Å². The molecule has 0 aliphatic heterocycles. The molecule has 1 atom stereocenters. The second-order valence-electron chi connectivity index (χ2n) is 5.56. The fourth-order valence-electron chi connectivity index (χ4n) is 2.51. The van der Waals surface area contributed by atoms with Crippen molar-refractivity contribution < 1.29 is 4.79 Å². The predicted molar refractivity (Wildman–Crippen MR) is 85.5 cm³/mol. The monoisotopic (exact) mass is 299 g/mol. The summed E-state index contributed by atoms with van der Waals surface area (Å²) in [5.74, 6) is 0.198. The summed E-state index contributed by atoms with van der Waals surface area (Å²) in [5, 5.41) is 3.79. The Morgan fingerprint density at radius 1 is 1.05 bits per heavy atom. The van der Waals surface area contributed by atoms with Gasteiger partial charge >= 0.3 is 0 Å². The number of benzene rings is 2. The maximum atomic E-state index is 12.2. The van der Waals surface area contributed by atoms with Crippen LogP contribution in [-0.4, -0.2) is 11.9 Å². The largest absolute Gasteiger partial charge is 0.353 e. The van der Waals surface area contributed by atoms with Crippen molar-refractivity contribution in [1.29, 1.82) is 0 Å². The molecule has 21 heavy (non-hydrogen) atoms. The zero-order chi connectivity index (χ0) is 14.7. The van der Waals surface area contributed by atoms with E-state index in [4.69, 9.17) is 11.6 Å². The van der Waals surface area contributed by atoms with E-state index in [0.717, 1.165) is 24.0 Å². The highest BCUT2D eigenvalue weighted by Crippen LogP contribution is 2.29. The van der Waals surface area contributed by atoms with E-state index in [1.165, 1.54) is 0 Å². The van der Waals surface area contributed by atoms with Crippen LogP contribution in [0.4, 0.5) is 0 Å². The van der Waals surface area contributed by atoms with Gasteiger partial charge in [0, 0.05) is 23.4 Å². The third kappa shape index (κ3) is 3.85. The van der Waals surface area contributed by atoms with Crippen LogP contribution in [0.15, 0.2) is 54.6 Å². The zero-order valence-electron chi connectivity index (χ0n) is 11.8. The van der Waals surface area contributed by atoms with E-state index >= 15 is 0 Å². The molecule has 0 spiro atoms. The molecule has 1 aliphatic rings. The van der Waals surface area contributed by atoms with Crippen LogP contribution in [0.2, 0.25) is 5.02 Å². The first-order chi connectivity index (χ1) is 10.2. The lowest BCUT2D eigenvalue weighted by molar-refractivity contribution is -0.121. The van der Waals surface area contributed by atoms with Crippen molar-refractivity contribution in [1.82, 2.24) is 5.32 Å². The minimum absolute atomic E-state index is 0.0715. The number of hydrogen-bond acceptors (Lipinski definition) is 1. The molecule has 0 aromatic heterocycles. The van der Waals surface area contributed by atoms with Gasteiger partial charge in [-0.15, -0.1) is 0 Å². The van der Waals surface area contributed by atoms with E-state index in [1.54, 1.807) is 0 Å². The van der Waals surface area contributed by atoms with Crippen molar-refractivity contribution in [2.24, 2.45) is 0 Å². The standard InChI is InChI=1S/C18H18ClNO/c19-15-8-6-14(7-9-15)17(13-4-2-1-3-5-13)12-18(21)20-16-10-11-16/h1-9,16-17H,10-12H2,(H,20,21). The lowest BCUT2D eigenvalue weighted by Crippen LogP contribution is -2.27. The fraction of sp³-hybridized carbons (Fsp3) is 0.278. The minimum atomic E-state index is 0.0715. The summed E-state index contributed by atoms with van der Waals surface area (Å²) in [5.41, 5.74) is 2.28. The lowest BCUT2D eigenvalue weighted by Gasteiger charge is -2.18. The lowest BCUT2D eigenvalue weighted by atomic mass is 9.88. The van der Waals surface area contributed by atoms with Crippen molar-refractivity contribution >= 4 is 17.5 Å². The number of hydrogen-bond donors (Lipinski definition) is 1. The number of nitrogens with one attached hydrogen (secondary N) is 1. The van der Waals surface area contributed by atoms with Gasteiger partial charge < -0.3 is 5.32 Å². The van der Waals surface area contributed by atoms with E-state index in [0.29, 0.717) is 17.5 Å². The van der Waals surface area contributed by atoms with Gasteiger partial charge in [-0.05, 0) is 36.1 Å². The Hall–Kier alpha value is -1.80. The smallest absolute Gasteiger partial charge is 0.221 e. The summed E-state index contributed by atoms with van der Waals surface area (Å²) in [6, 6.07) is 18.3. The highest BCUT2D eigenvalue weighted by Gasteiger charge is 2.25. The SMILES string of the molecule is O=C(CC(c1ccccc1)c1ccc(Cl)cc1)NC1CC1. The predicted octanol–water partition coefficient (Wildman–Crippen LogP) is 4.14. The summed E-state index contributed by atoms with van der Waals surface area (Å²) in [6.45, 7) is 0. The van der Waals surface area contributed by atoms with Crippen LogP contribution in [0.3, 0.4) is 0 Å². The molecule has 2 aromatic rings. The first kappa shape index (κ1) is 14.2. The molecule has 1 N–H and O–H groups in total. The molecule has 1 saturated carbocycles. The van der Waals surface area contributed by atoms with Crippen molar-refractivity contribution in [2.45, 2.75) is 31.2 Å². The first-order valence-electron chi connectivity index (χ1n) is 7.32. The van der Waals surface area contributed by atoms with Gasteiger partial charge in [0.1, 0.15) is 0 Å². The quantitative estimate of drug-likeness (QED) is 0.883. The van der Waals surface area contributed by atoms with Crippen LogP contribution in [0.25, 0.3) is 0 Å². The highest BCUT2D eigenvalue weighted by molar-refractivity contribution is 6.30. The van der Waals surface area contributed by atoms with E-state index in [-0.39, 0.29) is 11.8 Å². The molecule has 2 aromatic carbocycles. The topological polar surface area (TPSA) is 29.1 Å². The second kappa shape index (κ2) is 6.31. The molecule has 3 heteroatoms. The van der Waals surface area contributed by atoms with E-state index in [9.17, 15) is 4.79 Å². The van der Waals surface area contributed by atoms with Crippen LogP contribution in [0.1, 0.15) is 36.3 Å². The molecule has 0 heterocycles. The molecular weight excluding hydrogens is 282 g/mol. The average Bonchev–Trinajstić information content (AvgIpc) is 3.31. The fourth-order valence-corrected chi connectivity index (χ4v) is 2.63. The van der Waals surface area contributed by atoms with Crippen molar-refractivity contribution in [3.63, 3.8) is 0 Å². The molecule has 1 amide bonds. The van der Waals surface area contributed by atoms with E-state index in [2.05, 4.69) is 17.4 Å². The molecule has 1 aliphatic carbocycles. The molecule has 3 rings (SSSR count). The van der Waals surface area contributed by atoms with Crippen molar-refractivity contribution in [3.8, 4) is 0 Å². The molecule has 108 valence electrons. The van der Waals surface area contributed by atoms with Gasteiger partial charge in [0.25, 0.3) is 0 Å². The van der Waals surface area contributed by atoms with Crippen LogP contribution in [-0.2, 0) is 4.79 Å². The highest BCUT2D eigenvalue weighted by atomic mass is 35.5. The molecule has 1 unspecified atom stereocenters. The van der Waals surface area contributed by atoms with Crippen molar-refractivity contribution in [2.75, 3.05) is 0 Å². The van der Waals surface area contributed by atoms with Gasteiger partial charge in [0.05, 0.1) is 0 Å². The minimum Gasteiger partial charge on any atom is -0.353 e. The van der Waals surface area contributed by atoms with Gasteiger partial charge in [-0.3, -0.25) is 4.79 Å². The summed E-state index contributed by atoms with van der Waals surface area (Å²) in [6.07, 6.45) is 2.70. The van der Waals surface area contributed by atoms with Crippen LogP contribution >= 0.6 is 11.6 Å². The molecule has 0 bridgehead atoms. The maximum Gasteiger partial charge on any atom is 0.221 e. The molecular formula is C18H18ClNO. The molecule has 0 radical (unpaired) electrons. The Morgan fingerprint density at radius 2 is 1.67 bits per heavy atom. The van der Waals surface area contributed by atoms with Crippen molar-refractivity contribution in [3.05, 3.63) is 70.7 Å². The van der Waals surface area contributed by atoms with Gasteiger partial charge in [0.15, 0.2) is 0 Å². The average molecular weight is 300 g/mol. The van der Waals surface area contributed by atoms with Crippen LogP contribution in [0.5, 0.6) is 0 Å². The first-order valence-corrected chi connectivity index (χ1v) is 7.70. The number of halogens is 1. The van der Waals surface area contributed by atoms with Crippen LogP contribution < -0.4 is 5.32 Å².